The van der Waals surface area contributed by atoms with Crippen LogP contribution in [0, 0.1) is 11.8 Å². The maximum atomic E-state index is 13.3. The van der Waals surface area contributed by atoms with Crippen molar-refractivity contribution in [1.29, 1.82) is 0 Å². The fraction of sp³-hybridized carbons (Fsp3) is 0.500. The molecule has 4 rings (SSSR count). The molecule has 2 atom stereocenters. The Bertz CT molecular complexity index is 1460. The zero-order chi connectivity index (χ0) is 30.8. The van der Waals surface area contributed by atoms with E-state index in [0.29, 0.717) is 36.5 Å². The highest BCUT2D eigenvalue weighted by atomic mass is 32.2. The molecule has 1 aromatic heterocycles. The lowest BCUT2D eigenvalue weighted by Crippen LogP contribution is -2.42. The van der Waals surface area contributed by atoms with Gasteiger partial charge in [0.15, 0.2) is 0 Å². The Morgan fingerprint density at radius 3 is 2.29 bits per heavy atom. The van der Waals surface area contributed by atoms with Gasteiger partial charge in [0.05, 0.1) is 23.6 Å². The SMILES string of the molecule is CCOC(=O)N1CCc2c(sc(NC(=O)c3ccc(S(=O)(=O)N4CC(C)CC(C)C4)cc3)c2C(=O)NC(=O)N(C)C)C1. The standard InChI is InChI=1S/C28H37N5O7S2/c1-6-40-28(37)32-12-11-21-22(16-32)41-26(23(21)25(35)30-27(36)31(4)5)29-24(34)19-7-9-20(10-8-19)42(38,39)33-14-17(2)13-18(3)15-33/h7-10,17-18H,6,11-16H2,1-5H3,(H,29,34)(H,30,35,36). The summed E-state index contributed by atoms with van der Waals surface area (Å²) < 4.78 is 33.1. The van der Waals surface area contributed by atoms with Gasteiger partial charge in [-0.2, -0.15) is 4.31 Å². The summed E-state index contributed by atoms with van der Waals surface area (Å²) in [5.74, 6) is -0.700. The first-order valence-corrected chi connectivity index (χ1v) is 16.1. The summed E-state index contributed by atoms with van der Waals surface area (Å²) >= 11 is 1.14. The second kappa shape index (κ2) is 12.8. The normalized spacial score (nSPS) is 19.0. The molecule has 2 aromatic rings. The summed E-state index contributed by atoms with van der Waals surface area (Å²) in [6.07, 6.45) is 0.834. The molecule has 14 heteroatoms. The highest BCUT2D eigenvalue weighted by Gasteiger charge is 2.33. The smallest absolute Gasteiger partial charge is 0.410 e. The number of nitrogens with one attached hydrogen (secondary N) is 2. The number of imide groups is 1. The first-order valence-electron chi connectivity index (χ1n) is 13.8. The number of ether oxygens (including phenoxy) is 1. The molecule has 3 heterocycles. The minimum atomic E-state index is -3.71. The van der Waals surface area contributed by atoms with Gasteiger partial charge < -0.3 is 19.9 Å². The molecule has 42 heavy (non-hydrogen) atoms. The first-order chi connectivity index (χ1) is 19.8. The predicted molar refractivity (Wildman–Crippen MR) is 158 cm³/mol. The maximum Gasteiger partial charge on any atom is 0.410 e. The number of fused-ring (bicyclic) bond motifs is 1. The lowest BCUT2D eigenvalue weighted by molar-refractivity contribution is 0.0955. The summed E-state index contributed by atoms with van der Waals surface area (Å²) in [7, 11) is -0.708. The third-order valence-electron chi connectivity index (χ3n) is 7.25. The number of benzene rings is 1. The van der Waals surface area contributed by atoms with Gasteiger partial charge in [-0.1, -0.05) is 13.8 Å². The zero-order valence-electron chi connectivity index (χ0n) is 24.4. The monoisotopic (exact) mass is 619 g/mol. The van der Waals surface area contributed by atoms with Crippen LogP contribution in [0.4, 0.5) is 14.6 Å². The summed E-state index contributed by atoms with van der Waals surface area (Å²) in [5, 5.41) is 5.33. The van der Waals surface area contributed by atoms with Crippen molar-refractivity contribution in [3.05, 3.63) is 45.8 Å². The molecule has 228 valence electrons. The molecule has 2 unspecified atom stereocenters. The van der Waals surface area contributed by atoms with Crippen molar-refractivity contribution in [2.24, 2.45) is 11.8 Å². The van der Waals surface area contributed by atoms with Gasteiger partial charge in [-0.3, -0.25) is 14.9 Å². The number of thiophene rings is 1. The van der Waals surface area contributed by atoms with Gasteiger partial charge in [0.25, 0.3) is 11.8 Å². The molecule has 2 aliphatic rings. The van der Waals surface area contributed by atoms with Crippen LogP contribution in [-0.4, -0.2) is 86.8 Å². The molecule has 0 saturated carbocycles. The van der Waals surface area contributed by atoms with Crippen LogP contribution in [-0.2, 0) is 27.7 Å². The molecule has 12 nitrogen and oxygen atoms in total. The summed E-state index contributed by atoms with van der Waals surface area (Å²) in [6, 6.07) is 5.08. The van der Waals surface area contributed by atoms with Gasteiger partial charge in [0, 0.05) is 44.2 Å². The highest BCUT2D eigenvalue weighted by Crippen LogP contribution is 2.38. The van der Waals surface area contributed by atoms with E-state index in [4.69, 9.17) is 4.74 Å². The number of piperidine rings is 1. The van der Waals surface area contributed by atoms with Crippen molar-refractivity contribution < 1.29 is 32.3 Å². The second-order valence-corrected chi connectivity index (χ2v) is 14.0. The summed E-state index contributed by atoms with van der Waals surface area (Å²) in [6.45, 7) is 7.41. The van der Waals surface area contributed by atoms with E-state index in [2.05, 4.69) is 10.6 Å². The molecule has 1 fully saturated rings. The lowest BCUT2D eigenvalue weighted by Gasteiger charge is -2.34. The van der Waals surface area contributed by atoms with Gasteiger partial charge in [-0.15, -0.1) is 11.3 Å². The number of carbonyl (C=O) groups is 4. The fourth-order valence-corrected chi connectivity index (χ4v) is 8.21. The molecule has 0 spiro atoms. The number of anilines is 1. The van der Waals surface area contributed by atoms with E-state index in [1.165, 1.54) is 52.5 Å². The summed E-state index contributed by atoms with van der Waals surface area (Å²) in [5.41, 5.74) is 1.01. The van der Waals surface area contributed by atoms with Gasteiger partial charge in [-0.25, -0.2) is 18.0 Å². The highest BCUT2D eigenvalue weighted by molar-refractivity contribution is 7.89. The molecule has 2 N–H and O–H groups in total. The molecule has 2 aliphatic heterocycles. The van der Waals surface area contributed by atoms with E-state index >= 15 is 0 Å². The van der Waals surface area contributed by atoms with Crippen LogP contribution in [0.2, 0.25) is 0 Å². The number of carbonyl (C=O) groups excluding carboxylic acids is 4. The predicted octanol–water partition coefficient (Wildman–Crippen LogP) is 3.59. The number of sulfonamides is 1. The summed E-state index contributed by atoms with van der Waals surface area (Å²) in [4.78, 5) is 54.6. The number of hydrogen-bond acceptors (Lipinski definition) is 8. The van der Waals surface area contributed by atoms with Gasteiger partial charge in [0.1, 0.15) is 5.00 Å². The molecular formula is C28H37N5O7S2. The van der Waals surface area contributed by atoms with Crippen LogP contribution in [0.5, 0.6) is 0 Å². The average molecular weight is 620 g/mol. The average Bonchev–Trinajstić information content (AvgIpc) is 3.29. The van der Waals surface area contributed by atoms with Gasteiger partial charge >= 0.3 is 12.1 Å². The molecule has 0 radical (unpaired) electrons. The number of rotatable bonds is 6. The van der Waals surface area contributed by atoms with E-state index in [1.54, 1.807) is 6.92 Å². The van der Waals surface area contributed by atoms with Crippen LogP contribution < -0.4 is 10.6 Å². The van der Waals surface area contributed by atoms with E-state index in [9.17, 15) is 27.6 Å². The van der Waals surface area contributed by atoms with Crippen molar-refractivity contribution in [1.82, 2.24) is 19.4 Å². The second-order valence-electron chi connectivity index (χ2n) is 11.0. The van der Waals surface area contributed by atoms with Gasteiger partial charge in [0.2, 0.25) is 10.0 Å². The van der Waals surface area contributed by atoms with Crippen molar-refractivity contribution in [2.75, 3.05) is 45.7 Å². The fourth-order valence-electron chi connectivity index (χ4n) is 5.28. The van der Waals surface area contributed by atoms with E-state index < -0.39 is 34.0 Å². The number of nitrogens with zero attached hydrogens (tertiary/aromatic N) is 3. The largest absolute Gasteiger partial charge is 0.450 e. The molecular weight excluding hydrogens is 582 g/mol. The lowest BCUT2D eigenvalue weighted by atomic mass is 9.94. The molecule has 5 amide bonds. The molecule has 1 saturated heterocycles. The third-order valence-corrected chi connectivity index (χ3v) is 10.2. The topological polar surface area (TPSA) is 145 Å². The Hall–Kier alpha value is -3.49. The van der Waals surface area contributed by atoms with Crippen LogP contribution in [0.25, 0.3) is 0 Å². The number of urea groups is 1. The molecule has 0 aliphatic carbocycles. The van der Waals surface area contributed by atoms with Crippen molar-refractivity contribution >= 4 is 50.3 Å². The first kappa shape index (κ1) is 31.4. The van der Waals surface area contributed by atoms with Gasteiger partial charge in [-0.05, 0) is 61.4 Å². The minimum absolute atomic E-state index is 0.105. The molecule has 0 bridgehead atoms. The Kier molecular flexibility index (Phi) is 9.58. The van der Waals surface area contributed by atoms with Crippen LogP contribution >= 0.6 is 11.3 Å². The quantitative estimate of drug-likeness (QED) is 0.503. The van der Waals surface area contributed by atoms with Crippen molar-refractivity contribution in [2.45, 2.75) is 45.1 Å². The Balaban J connectivity index is 1.58. The van der Waals surface area contributed by atoms with E-state index in [-0.39, 0.29) is 46.0 Å². The Morgan fingerprint density at radius 1 is 1.05 bits per heavy atom. The van der Waals surface area contributed by atoms with Crippen LogP contribution in [0.3, 0.4) is 0 Å². The number of hydrogen-bond donors (Lipinski definition) is 2. The third kappa shape index (κ3) is 6.76. The van der Waals surface area contributed by atoms with Crippen LogP contribution in [0.15, 0.2) is 29.2 Å². The van der Waals surface area contributed by atoms with E-state index in [0.717, 1.165) is 17.8 Å². The zero-order valence-corrected chi connectivity index (χ0v) is 26.1. The van der Waals surface area contributed by atoms with E-state index in [1.807, 2.05) is 13.8 Å². The maximum absolute atomic E-state index is 13.3. The Morgan fingerprint density at radius 2 is 1.69 bits per heavy atom. The van der Waals surface area contributed by atoms with Crippen molar-refractivity contribution in [3.63, 3.8) is 0 Å². The van der Waals surface area contributed by atoms with Crippen molar-refractivity contribution in [3.8, 4) is 0 Å². The van der Waals surface area contributed by atoms with Crippen LogP contribution in [0.1, 0.15) is 58.3 Å². The minimum Gasteiger partial charge on any atom is -0.450 e. The Labute approximate surface area is 250 Å². The molecule has 1 aromatic carbocycles. The number of amides is 5.